The lowest BCUT2D eigenvalue weighted by Gasteiger charge is -2.26. The molecule has 17 heavy (non-hydrogen) atoms. The molecule has 0 aromatic heterocycles. The van der Waals surface area contributed by atoms with Crippen molar-refractivity contribution in [1.29, 1.82) is 0 Å². The Kier molecular flexibility index (Phi) is 3.86. The van der Waals surface area contributed by atoms with Crippen molar-refractivity contribution in [3.8, 4) is 0 Å². The highest BCUT2D eigenvalue weighted by molar-refractivity contribution is 5.57. The average Bonchev–Trinajstić information content (AvgIpc) is 2.15. The number of hydrogen-bond acceptors (Lipinski definition) is 0. The monoisotopic (exact) mass is 230 g/mol. The Morgan fingerprint density at radius 1 is 0.882 bits per heavy atom. The van der Waals surface area contributed by atoms with Crippen molar-refractivity contribution < 1.29 is 0 Å². The fraction of sp³-hybridized carbons (Fsp3) is 0.529. The molecule has 1 aromatic carbocycles. The van der Waals surface area contributed by atoms with Gasteiger partial charge in [0, 0.05) is 0 Å². The molecule has 0 unspecified atom stereocenters. The molecule has 0 saturated carbocycles. The van der Waals surface area contributed by atoms with Crippen LogP contribution in [0.15, 0.2) is 24.3 Å². The maximum absolute atomic E-state index is 2.33. The van der Waals surface area contributed by atoms with Gasteiger partial charge in [0.1, 0.15) is 0 Å². The predicted octanol–water partition coefficient (Wildman–Crippen LogP) is 5.31. The second kappa shape index (κ2) is 4.68. The van der Waals surface area contributed by atoms with Gasteiger partial charge in [-0.3, -0.25) is 0 Å². The molecular formula is C17H26. The van der Waals surface area contributed by atoms with E-state index in [1.54, 1.807) is 0 Å². The molecule has 0 aliphatic heterocycles. The van der Waals surface area contributed by atoms with E-state index in [0.29, 0.717) is 0 Å². The van der Waals surface area contributed by atoms with E-state index in [0.717, 1.165) is 0 Å². The van der Waals surface area contributed by atoms with Gasteiger partial charge in [-0.05, 0) is 34.4 Å². The van der Waals surface area contributed by atoms with Gasteiger partial charge in [0.15, 0.2) is 0 Å². The van der Waals surface area contributed by atoms with Crippen LogP contribution in [0.2, 0.25) is 0 Å². The first-order valence-electron chi connectivity index (χ1n) is 6.44. The van der Waals surface area contributed by atoms with Gasteiger partial charge in [0.2, 0.25) is 0 Å². The van der Waals surface area contributed by atoms with Gasteiger partial charge in [0.05, 0.1) is 0 Å². The first-order chi connectivity index (χ1) is 7.66. The van der Waals surface area contributed by atoms with Crippen LogP contribution in [-0.4, -0.2) is 0 Å². The fourth-order valence-electron chi connectivity index (χ4n) is 2.03. The first-order valence-corrected chi connectivity index (χ1v) is 6.44. The van der Waals surface area contributed by atoms with Gasteiger partial charge >= 0.3 is 0 Å². The van der Waals surface area contributed by atoms with E-state index < -0.39 is 0 Å². The van der Waals surface area contributed by atoms with Crippen molar-refractivity contribution in [3.05, 3.63) is 41.0 Å². The molecule has 0 N–H and O–H groups in total. The zero-order valence-corrected chi connectivity index (χ0v) is 12.4. The molecule has 0 radical (unpaired) electrons. The summed E-state index contributed by atoms with van der Waals surface area (Å²) in [7, 11) is 0. The summed E-state index contributed by atoms with van der Waals surface area (Å²) in [5.74, 6) is 0. The summed E-state index contributed by atoms with van der Waals surface area (Å²) in [6.45, 7) is 15.7. The molecule has 0 atom stereocenters. The summed E-state index contributed by atoms with van der Waals surface area (Å²) in [5.41, 5.74) is 4.59. The highest BCUT2D eigenvalue weighted by Gasteiger charge is 2.20. The standard InChI is InChI=1S/C17H26/c1-8-9-13-12-14(16(2,3)4)10-11-15(13)17(5,6)7/h8-12H,1-7H3/b9-8+. The Bertz CT molecular complexity index is 409. The lowest BCUT2D eigenvalue weighted by atomic mass is 9.79. The van der Waals surface area contributed by atoms with Gasteiger partial charge in [-0.15, -0.1) is 0 Å². The Hall–Kier alpha value is -1.04. The maximum Gasteiger partial charge on any atom is -0.0126 e. The number of benzene rings is 1. The third-order valence-electron chi connectivity index (χ3n) is 3.07. The molecule has 0 bridgehead atoms. The molecule has 0 aliphatic carbocycles. The summed E-state index contributed by atoms with van der Waals surface area (Å²) in [6.07, 6.45) is 4.34. The van der Waals surface area contributed by atoms with Gasteiger partial charge in [-0.25, -0.2) is 0 Å². The van der Waals surface area contributed by atoms with Gasteiger partial charge in [0.25, 0.3) is 0 Å². The zero-order chi connectivity index (χ0) is 13.3. The van der Waals surface area contributed by atoms with Gasteiger partial charge in [-0.1, -0.05) is 71.9 Å². The van der Waals surface area contributed by atoms with E-state index in [4.69, 9.17) is 0 Å². The van der Waals surface area contributed by atoms with Crippen LogP contribution in [0.5, 0.6) is 0 Å². The van der Waals surface area contributed by atoms with Gasteiger partial charge < -0.3 is 0 Å². The third kappa shape index (κ3) is 3.46. The average molecular weight is 230 g/mol. The quantitative estimate of drug-likeness (QED) is 0.613. The largest absolute Gasteiger partial charge is 0.0871 e. The lowest BCUT2D eigenvalue weighted by molar-refractivity contribution is 0.576. The van der Waals surface area contributed by atoms with Crippen molar-refractivity contribution >= 4 is 6.08 Å². The molecule has 1 aromatic rings. The normalized spacial score (nSPS) is 13.4. The number of hydrogen-bond donors (Lipinski definition) is 0. The molecule has 0 aliphatic rings. The van der Waals surface area contributed by atoms with E-state index in [1.165, 1.54) is 16.7 Å². The SMILES string of the molecule is C/C=C/c1cc(C(C)(C)C)ccc1C(C)(C)C. The summed E-state index contributed by atoms with van der Waals surface area (Å²) in [6, 6.07) is 6.89. The minimum absolute atomic E-state index is 0.200. The van der Waals surface area contributed by atoms with Crippen molar-refractivity contribution in [2.75, 3.05) is 0 Å². The van der Waals surface area contributed by atoms with Crippen LogP contribution in [0.25, 0.3) is 6.08 Å². The number of allylic oxidation sites excluding steroid dienone is 1. The smallest absolute Gasteiger partial charge is 0.0126 e. The summed E-state index contributed by atoms with van der Waals surface area (Å²) in [5, 5.41) is 0. The van der Waals surface area contributed by atoms with E-state index >= 15 is 0 Å². The van der Waals surface area contributed by atoms with Crippen molar-refractivity contribution in [3.63, 3.8) is 0 Å². The summed E-state index contributed by atoms with van der Waals surface area (Å²) < 4.78 is 0. The van der Waals surface area contributed by atoms with Crippen LogP contribution in [-0.2, 0) is 10.8 Å². The summed E-state index contributed by atoms with van der Waals surface area (Å²) >= 11 is 0. The minimum atomic E-state index is 0.200. The molecule has 0 amide bonds. The topological polar surface area (TPSA) is 0 Å². The van der Waals surface area contributed by atoms with Crippen LogP contribution in [0.4, 0.5) is 0 Å². The second-order valence-electron chi connectivity index (χ2n) is 6.80. The van der Waals surface area contributed by atoms with E-state index in [9.17, 15) is 0 Å². The van der Waals surface area contributed by atoms with E-state index in [-0.39, 0.29) is 10.8 Å². The molecule has 0 fully saturated rings. The summed E-state index contributed by atoms with van der Waals surface area (Å²) in [4.78, 5) is 0. The zero-order valence-electron chi connectivity index (χ0n) is 12.4. The Balaban J connectivity index is 3.38. The maximum atomic E-state index is 2.33. The Morgan fingerprint density at radius 3 is 1.88 bits per heavy atom. The fourth-order valence-corrected chi connectivity index (χ4v) is 2.03. The predicted molar refractivity (Wildman–Crippen MR) is 78.6 cm³/mol. The number of rotatable bonds is 1. The molecule has 0 nitrogen and oxygen atoms in total. The molecule has 0 saturated heterocycles. The molecule has 0 heteroatoms. The van der Waals surface area contributed by atoms with Crippen LogP contribution < -0.4 is 0 Å². The van der Waals surface area contributed by atoms with E-state index in [2.05, 4.69) is 78.8 Å². The molecule has 0 spiro atoms. The van der Waals surface area contributed by atoms with Crippen LogP contribution >= 0.6 is 0 Å². The molecular weight excluding hydrogens is 204 g/mol. The van der Waals surface area contributed by atoms with Crippen LogP contribution in [0, 0.1) is 0 Å². The molecule has 0 heterocycles. The van der Waals surface area contributed by atoms with Crippen molar-refractivity contribution in [1.82, 2.24) is 0 Å². The second-order valence-corrected chi connectivity index (χ2v) is 6.80. The van der Waals surface area contributed by atoms with Gasteiger partial charge in [-0.2, -0.15) is 0 Å². The third-order valence-corrected chi connectivity index (χ3v) is 3.07. The van der Waals surface area contributed by atoms with Crippen LogP contribution in [0.3, 0.4) is 0 Å². The highest BCUT2D eigenvalue weighted by atomic mass is 14.2. The Morgan fingerprint density at radius 2 is 1.47 bits per heavy atom. The first kappa shape index (κ1) is 14.0. The van der Waals surface area contributed by atoms with Crippen molar-refractivity contribution in [2.45, 2.75) is 59.3 Å². The van der Waals surface area contributed by atoms with Crippen LogP contribution in [0.1, 0.15) is 65.2 Å². The minimum Gasteiger partial charge on any atom is -0.0871 e. The molecule has 1 rings (SSSR count). The Labute approximate surface area is 107 Å². The lowest BCUT2D eigenvalue weighted by Crippen LogP contribution is -2.16. The van der Waals surface area contributed by atoms with Crippen molar-refractivity contribution in [2.24, 2.45) is 0 Å². The van der Waals surface area contributed by atoms with E-state index in [1.807, 2.05) is 0 Å². The highest BCUT2D eigenvalue weighted by Crippen LogP contribution is 2.31. The molecule has 94 valence electrons.